The van der Waals surface area contributed by atoms with Crippen LogP contribution in [0.25, 0.3) is 0 Å². The standard InChI is InChI=1S/C42H63O6S.CHF3O3S/c1-37(2,3)43-31-22-19-28(25-34(31)46-40(10,11)12)49(29-20-23-32(44-38(4,5)6)35(26-29)47-41(13,14)15)30-21-24-33(45-39(7,8)9)36(27-30)48-42(16,17)18;2-1(3,4)8(5,6)7/h19-27H,1-18H3;(H,5,6,7)/q+1;/p-1. The second-order valence-corrected chi connectivity index (χ2v) is 22.7. The predicted molar refractivity (Wildman–Crippen MR) is 220 cm³/mol. The molecule has 57 heavy (non-hydrogen) atoms. The molecule has 0 aliphatic carbocycles. The van der Waals surface area contributed by atoms with Gasteiger partial charge in [-0.3, -0.25) is 0 Å². The fraction of sp³-hybridized carbons (Fsp3) is 0.581. The molecule has 0 spiro atoms. The fourth-order valence-corrected chi connectivity index (χ4v) is 6.83. The number of rotatable bonds is 9. The van der Waals surface area contributed by atoms with Gasteiger partial charge < -0.3 is 33.0 Å². The van der Waals surface area contributed by atoms with Crippen molar-refractivity contribution < 1.29 is 54.6 Å². The van der Waals surface area contributed by atoms with Crippen LogP contribution < -0.4 is 28.4 Å². The van der Waals surface area contributed by atoms with Gasteiger partial charge in [0.2, 0.25) is 0 Å². The molecule has 0 aliphatic heterocycles. The van der Waals surface area contributed by atoms with E-state index in [4.69, 9.17) is 41.4 Å². The van der Waals surface area contributed by atoms with Crippen molar-refractivity contribution in [3.8, 4) is 34.5 Å². The molecular weight excluding hydrogens is 782 g/mol. The zero-order chi connectivity index (χ0) is 44.4. The minimum Gasteiger partial charge on any atom is -0.741 e. The smallest absolute Gasteiger partial charge is 0.485 e. The third-order valence-corrected chi connectivity index (χ3v) is 8.98. The van der Waals surface area contributed by atoms with Crippen molar-refractivity contribution in [2.45, 2.75) is 178 Å². The second kappa shape index (κ2) is 17.4. The lowest BCUT2D eigenvalue weighted by atomic mass is 10.1. The second-order valence-electron chi connectivity index (χ2n) is 19.3. The first-order chi connectivity index (χ1) is 25.2. The van der Waals surface area contributed by atoms with E-state index in [2.05, 4.69) is 98.7 Å². The van der Waals surface area contributed by atoms with Crippen LogP contribution in [0.2, 0.25) is 0 Å². The Morgan fingerprint density at radius 1 is 0.404 bits per heavy atom. The van der Waals surface area contributed by atoms with Crippen LogP contribution in [0.5, 0.6) is 34.5 Å². The molecule has 0 saturated carbocycles. The van der Waals surface area contributed by atoms with Gasteiger partial charge in [-0.2, -0.15) is 13.2 Å². The Bertz CT molecular complexity index is 1730. The highest BCUT2D eigenvalue weighted by Gasteiger charge is 2.37. The van der Waals surface area contributed by atoms with Crippen molar-refractivity contribution in [1.29, 1.82) is 0 Å². The van der Waals surface area contributed by atoms with E-state index in [1.54, 1.807) is 0 Å². The van der Waals surface area contributed by atoms with Gasteiger partial charge in [0, 0.05) is 18.2 Å². The quantitative estimate of drug-likeness (QED) is 0.118. The molecule has 3 aromatic rings. The highest BCUT2D eigenvalue weighted by Crippen LogP contribution is 2.45. The Labute approximate surface area is 342 Å². The average Bonchev–Trinajstić information content (AvgIpc) is 2.92. The largest absolute Gasteiger partial charge is 0.741 e. The van der Waals surface area contributed by atoms with Gasteiger partial charge >= 0.3 is 5.51 Å². The van der Waals surface area contributed by atoms with Crippen LogP contribution in [0.4, 0.5) is 13.2 Å². The number of alkyl halides is 3. The number of benzene rings is 3. The molecule has 0 unspecified atom stereocenters. The van der Waals surface area contributed by atoms with Gasteiger partial charge in [-0.15, -0.1) is 0 Å². The summed E-state index contributed by atoms with van der Waals surface area (Å²) in [5.74, 6) is 4.17. The van der Waals surface area contributed by atoms with Gasteiger partial charge in [0.1, 0.15) is 33.6 Å². The maximum Gasteiger partial charge on any atom is 0.485 e. The van der Waals surface area contributed by atoms with Crippen LogP contribution in [0.1, 0.15) is 125 Å². The fourth-order valence-electron chi connectivity index (χ4n) is 4.73. The third-order valence-electron chi connectivity index (χ3n) is 6.23. The van der Waals surface area contributed by atoms with Crippen molar-refractivity contribution in [2.75, 3.05) is 0 Å². The van der Waals surface area contributed by atoms with Crippen LogP contribution >= 0.6 is 0 Å². The maximum atomic E-state index is 10.7. The number of hydrogen-bond acceptors (Lipinski definition) is 9. The molecule has 0 bridgehead atoms. The number of halogens is 3. The number of hydrogen-bond donors (Lipinski definition) is 0. The summed E-state index contributed by atoms with van der Waals surface area (Å²) in [7, 11) is -6.72. The topological polar surface area (TPSA) is 113 Å². The molecule has 0 N–H and O–H groups in total. The molecule has 3 aromatic carbocycles. The predicted octanol–water partition coefficient (Wildman–Crippen LogP) is 11.9. The normalized spacial score (nSPS) is 13.4. The van der Waals surface area contributed by atoms with E-state index in [0.29, 0.717) is 34.5 Å². The minimum atomic E-state index is -6.09. The number of ether oxygens (including phenoxy) is 6. The lowest BCUT2D eigenvalue weighted by molar-refractivity contribution is -0.0518. The van der Waals surface area contributed by atoms with E-state index in [1.165, 1.54) is 0 Å². The van der Waals surface area contributed by atoms with Gasteiger partial charge in [-0.05, 0) is 161 Å². The summed E-state index contributed by atoms with van der Waals surface area (Å²) in [6.45, 7) is 36.8. The zero-order valence-electron chi connectivity index (χ0n) is 36.8. The molecule has 9 nitrogen and oxygen atoms in total. The molecular formula is C43H63F3O9S2. The third kappa shape index (κ3) is 17.9. The summed E-state index contributed by atoms with van der Waals surface area (Å²) in [6, 6.07) is 18.8. The Kier molecular flexibility index (Phi) is 15.1. The molecule has 0 heterocycles. The summed E-state index contributed by atoms with van der Waals surface area (Å²) in [4.78, 5) is 3.16. The molecule has 322 valence electrons. The van der Waals surface area contributed by atoms with Crippen LogP contribution in [0.3, 0.4) is 0 Å². The van der Waals surface area contributed by atoms with E-state index in [1.807, 2.05) is 80.5 Å². The van der Waals surface area contributed by atoms with Crippen LogP contribution in [0, 0.1) is 0 Å². The van der Waals surface area contributed by atoms with Crippen molar-refractivity contribution >= 4 is 21.0 Å². The Morgan fingerprint density at radius 2 is 0.579 bits per heavy atom. The van der Waals surface area contributed by atoms with Crippen molar-refractivity contribution in [1.82, 2.24) is 0 Å². The Balaban J connectivity index is 0.00000126. The highest BCUT2D eigenvalue weighted by atomic mass is 32.2. The molecule has 0 fully saturated rings. The van der Waals surface area contributed by atoms with Crippen LogP contribution in [-0.4, -0.2) is 52.1 Å². The van der Waals surface area contributed by atoms with E-state index >= 15 is 0 Å². The van der Waals surface area contributed by atoms with Gasteiger partial charge in [0.25, 0.3) is 0 Å². The SMILES string of the molecule is CC(C)(C)Oc1ccc([S+](c2ccc(OC(C)(C)C)c(OC(C)(C)C)c2)c2ccc(OC(C)(C)C)c(OC(C)(C)C)c2)cc1OC(C)(C)C.O=S(=O)([O-])C(F)(F)F. The summed E-state index contributed by atoms with van der Waals surface area (Å²) in [6.07, 6.45) is 0. The maximum absolute atomic E-state index is 10.7. The molecule has 0 atom stereocenters. The molecule has 0 aliphatic rings. The molecule has 14 heteroatoms. The lowest BCUT2D eigenvalue weighted by Gasteiger charge is -2.28. The van der Waals surface area contributed by atoms with Crippen LogP contribution in [0.15, 0.2) is 69.3 Å². The highest BCUT2D eigenvalue weighted by molar-refractivity contribution is 7.97. The Morgan fingerprint density at radius 3 is 0.737 bits per heavy atom. The van der Waals surface area contributed by atoms with Gasteiger partial charge in [0.05, 0.1) is 10.9 Å². The monoisotopic (exact) mass is 844 g/mol. The van der Waals surface area contributed by atoms with Crippen molar-refractivity contribution in [3.63, 3.8) is 0 Å². The summed E-state index contributed by atoms with van der Waals surface area (Å²) < 4.78 is 97.8. The first-order valence-electron chi connectivity index (χ1n) is 18.5. The van der Waals surface area contributed by atoms with Gasteiger partial charge in [0.15, 0.2) is 59.3 Å². The van der Waals surface area contributed by atoms with E-state index < -0.39 is 60.1 Å². The lowest BCUT2D eigenvalue weighted by Crippen LogP contribution is -2.27. The summed E-state index contributed by atoms with van der Waals surface area (Å²) in [5, 5.41) is 0. The van der Waals surface area contributed by atoms with Crippen molar-refractivity contribution in [2.24, 2.45) is 0 Å². The molecule has 0 radical (unpaired) electrons. The van der Waals surface area contributed by atoms with E-state index in [-0.39, 0.29) is 0 Å². The summed E-state index contributed by atoms with van der Waals surface area (Å²) >= 11 is 0. The molecule has 0 aromatic heterocycles. The summed E-state index contributed by atoms with van der Waals surface area (Å²) in [5.41, 5.74) is -8.16. The first kappa shape index (κ1) is 49.7. The zero-order valence-corrected chi connectivity index (χ0v) is 38.5. The minimum absolute atomic E-state index is 0.399. The molecule has 3 rings (SSSR count). The van der Waals surface area contributed by atoms with E-state index in [9.17, 15) is 13.2 Å². The van der Waals surface area contributed by atoms with Crippen molar-refractivity contribution in [3.05, 3.63) is 54.6 Å². The van der Waals surface area contributed by atoms with Gasteiger partial charge in [-0.1, -0.05) is 0 Å². The first-order valence-corrected chi connectivity index (χ1v) is 21.2. The average molecular weight is 845 g/mol. The molecule has 0 amide bonds. The molecule has 0 saturated heterocycles. The van der Waals surface area contributed by atoms with E-state index in [0.717, 1.165) is 14.7 Å². The van der Waals surface area contributed by atoms with Gasteiger partial charge in [-0.25, -0.2) is 8.42 Å². The Hall–Kier alpha value is -3.49. The van der Waals surface area contributed by atoms with Crippen LogP contribution in [-0.2, 0) is 21.0 Å².